The lowest BCUT2D eigenvalue weighted by molar-refractivity contribution is -0.147. The first kappa shape index (κ1) is 26.8. The maximum atomic E-state index is 13.1. The van der Waals surface area contributed by atoms with Crippen molar-refractivity contribution in [2.45, 2.75) is 50.4 Å². The van der Waals surface area contributed by atoms with Gasteiger partial charge in [0.2, 0.25) is 5.88 Å². The number of nitrogens with zero attached hydrogens (tertiary/aromatic N) is 1. The van der Waals surface area contributed by atoms with E-state index in [9.17, 15) is 19.8 Å². The van der Waals surface area contributed by atoms with E-state index in [0.717, 1.165) is 35.1 Å². The molecule has 1 aliphatic carbocycles. The average molecular weight is 523 g/mol. The third kappa shape index (κ3) is 6.01. The van der Waals surface area contributed by atoms with Gasteiger partial charge in [0.15, 0.2) is 11.9 Å². The van der Waals surface area contributed by atoms with E-state index in [1.54, 1.807) is 26.3 Å². The molecule has 3 N–H and O–H groups in total. The molecule has 2 aromatic carbocycles. The van der Waals surface area contributed by atoms with E-state index in [2.05, 4.69) is 10.3 Å². The van der Waals surface area contributed by atoms with Crippen molar-refractivity contribution < 1.29 is 24.5 Å². The average Bonchev–Trinajstić information content (AvgIpc) is 3.42. The van der Waals surface area contributed by atoms with Crippen molar-refractivity contribution in [3.05, 3.63) is 83.0 Å². The minimum absolute atomic E-state index is 0.105. The fraction of sp³-hybridized carbons (Fsp3) is 0.345. The summed E-state index contributed by atoms with van der Waals surface area (Å²) in [6.45, 7) is 1.77. The predicted molar refractivity (Wildman–Crippen MR) is 141 cm³/mol. The van der Waals surface area contributed by atoms with Gasteiger partial charge in [0, 0.05) is 22.7 Å². The summed E-state index contributed by atoms with van der Waals surface area (Å²) in [6, 6.07) is 18.1. The van der Waals surface area contributed by atoms with Gasteiger partial charge in [0.05, 0.1) is 13.2 Å². The molecule has 0 radical (unpaired) electrons. The molecule has 1 amide bonds. The molecule has 1 saturated carbocycles. The lowest BCUT2D eigenvalue weighted by Gasteiger charge is -2.25. The van der Waals surface area contributed by atoms with E-state index in [4.69, 9.17) is 16.3 Å². The van der Waals surface area contributed by atoms with Crippen molar-refractivity contribution in [2.24, 2.45) is 5.92 Å². The van der Waals surface area contributed by atoms with Crippen LogP contribution in [-0.4, -0.2) is 46.2 Å². The van der Waals surface area contributed by atoms with Crippen LogP contribution in [0.5, 0.6) is 5.88 Å². The van der Waals surface area contributed by atoms with E-state index in [1.165, 1.54) is 0 Å². The van der Waals surface area contributed by atoms with Crippen LogP contribution in [0.15, 0.2) is 66.9 Å². The molecule has 0 bridgehead atoms. The van der Waals surface area contributed by atoms with Crippen LogP contribution in [0.25, 0.3) is 11.1 Å². The van der Waals surface area contributed by atoms with Crippen LogP contribution in [0.4, 0.5) is 0 Å². The molecule has 1 heterocycles. The topological polar surface area (TPSA) is 109 Å². The number of aromatic nitrogens is 1. The number of carbonyl (C=O) groups is 2. The summed E-state index contributed by atoms with van der Waals surface area (Å²) < 4.78 is 5.32. The Kier molecular flexibility index (Phi) is 8.59. The lowest BCUT2D eigenvalue weighted by Crippen LogP contribution is -2.48. The van der Waals surface area contributed by atoms with E-state index >= 15 is 0 Å². The first-order valence-corrected chi connectivity index (χ1v) is 12.7. The molecule has 4 rings (SSSR count). The van der Waals surface area contributed by atoms with E-state index in [1.807, 2.05) is 54.6 Å². The summed E-state index contributed by atoms with van der Waals surface area (Å²) in [7, 11) is 1.56. The van der Waals surface area contributed by atoms with Gasteiger partial charge in [-0.2, -0.15) is 0 Å². The van der Waals surface area contributed by atoms with Crippen LogP contribution in [0.1, 0.15) is 49.3 Å². The standard InChI is InChI=1S/C29H31ClN2O5/c1-17(18-11-13-19(14-12-18)23-10-5-15-31-29(23)37-2)32-28(36)27(35)26(34)25(33)24-9-4-8-22(24)20-6-3-7-21(30)16-20/h3,5-7,10-17,22,24,26-27,34-35H,4,8-9H2,1-2H3,(H,32,36)/t17-,22-,24?,26+,27-/m1/s1. The first-order valence-electron chi connectivity index (χ1n) is 12.3. The lowest BCUT2D eigenvalue weighted by atomic mass is 9.83. The SMILES string of the molecule is COc1ncccc1-c1ccc([C@@H](C)NC(=O)[C@H](O)[C@@H](O)C(=O)C2CCC[C@@H]2c2cccc(Cl)c2)cc1. The molecule has 5 atom stereocenters. The molecule has 194 valence electrons. The summed E-state index contributed by atoms with van der Waals surface area (Å²) in [5.41, 5.74) is 3.47. The van der Waals surface area contributed by atoms with Crippen molar-refractivity contribution in [2.75, 3.05) is 7.11 Å². The summed E-state index contributed by atoms with van der Waals surface area (Å²) in [6.07, 6.45) is 0.172. The number of nitrogens with one attached hydrogen (secondary N) is 1. The number of hydrogen-bond acceptors (Lipinski definition) is 6. The van der Waals surface area contributed by atoms with Crippen LogP contribution in [0.2, 0.25) is 5.02 Å². The quantitative estimate of drug-likeness (QED) is 0.383. The molecular formula is C29H31ClN2O5. The van der Waals surface area contributed by atoms with Crippen molar-refractivity contribution in [3.63, 3.8) is 0 Å². The van der Waals surface area contributed by atoms with Crippen molar-refractivity contribution in [3.8, 4) is 17.0 Å². The van der Waals surface area contributed by atoms with Crippen LogP contribution in [-0.2, 0) is 9.59 Å². The number of benzene rings is 2. The summed E-state index contributed by atoms with van der Waals surface area (Å²) in [4.78, 5) is 30.1. The van der Waals surface area contributed by atoms with E-state index in [0.29, 0.717) is 17.3 Å². The van der Waals surface area contributed by atoms with Crippen LogP contribution in [0, 0.1) is 5.92 Å². The number of hydrogen-bond donors (Lipinski definition) is 3. The zero-order chi connectivity index (χ0) is 26.5. The van der Waals surface area contributed by atoms with E-state index < -0.39 is 35.9 Å². The Bertz CT molecular complexity index is 1250. The third-order valence-electron chi connectivity index (χ3n) is 7.06. The van der Waals surface area contributed by atoms with Gasteiger partial charge < -0.3 is 20.3 Å². The second-order valence-corrected chi connectivity index (χ2v) is 9.84. The fourth-order valence-electron chi connectivity index (χ4n) is 5.06. The first-order chi connectivity index (χ1) is 17.8. The highest BCUT2D eigenvalue weighted by molar-refractivity contribution is 6.30. The van der Waals surface area contributed by atoms with E-state index in [-0.39, 0.29) is 5.92 Å². The van der Waals surface area contributed by atoms with Crippen molar-refractivity contribution >= 4 is 23.3 Å². The number of amides is 1. The summed E-state index contributed by atoms with van der Waals surface area (Å²) >= 11 is 6.12. The molecule has 37 heavy (non-hydrogen) atoms. The highest BCUT2D eigenvalue weighted by atomic mass is 35.5. The van der Waals surface area contributed by atoms with Gasteiger partial charge in [-0.1, -0.05) is 54.4 Å². The zero-order valence-corrected chi connectivity index (χ0v) is 21.6. The summed E-state index contributed by atoms with van der Waals surface area (Å²) in [5, 5.41) is 24.4. The number of halogens is 1. The normalized spacial score (nSPS) is 19.6. The zero-order valence-electron chi connectivity index (χ0n) is 20.8. The largest absolute Gasteiger partial charge is 0.481 e. The van der Waals surface area contributed by atoms with Gasteiger partial charge in [-0.3, -0.25) is 9.59 Å². The van der Waals surface area contributed by atoms with Gasteiger partial charge in [-0.15, -0.1) is 0 Å². The second kappa shape index (κ2) is 11.9. The Morgan fingerprint density at radius 1 is 1.05 bits per heavy atom. The second-order valence-electron chi connectivity index (χ2n) is 9.40. The molecule has 3 aromatic rings. The molecule has 0 saturated heterocycles. The van der Waals surface area contributed by atoms with Crippen LogP contribution >= 0.6 is 11.6 Å². The fourth-order valence-corrected chi connectivity index (χ4v) is 5.26. The molecule has 1 unspecified atom stereocenters. The van der Waals surface area contributed by atoms with Gasteiger partial charge in [-0.05, 0) is 66.6 Å². The molecule has 0 aliphatic heterocycles. The maximum absolute atomic E-state index is 13.1. The van der Waals surface area contributed by atoms with Crippen LogP contribution < -0.4 is 10.1 Å². The molecule has 1 aromatic heterocycles. The highest BCUT2D eigenvalue weighted by Crippen LogP contribution is 2.41. The number of aliphatic hydroxyl groups excluding tert-OH is 2. The smallest absolute Gasteiger partial charge is 0.252 e. The number of aliphatic hydroxyl groups is 2. The van der Waals surface area contributed by atoms with Gasteiger partial charge >= 0.3 is 0 Å². The van der Waals surface area contributed by atoms with Gasteiger partial charge in [-0.25, -0.2) is 4.98 Å². The Morgan fingerprint density at radius 3 is 2.51 bits per heavy atom. The summed E-state index contributed by atoms with van der Waals surface area (Å²) in [5.74, 6) is -1.40. The molecule has 1 aliphatic rings. The van der Waals surface area contributed by atoms with Crippen molar-refractivity contribution in [1.29, 1.82) is 0 Å². The molecule has 7 nitrogen and oxygen atoms in total. The molecule has 1 fully saturated rings. The third-order valence-corrected chi connectivity index (χ3v) is 7.30. The Labute approximate surface area is 221 Å². The number of Topliss-reactive ketones (excluding diaryl/α,β-unsaturated/α-hetero) is 1. The number of carbonyl (C=O) groups excluding carboxylic acids is 2. The minimum Gasteiger partial charge on any atom is -0.481 e. The minimum atomic E-state index is -1.87. The predicted octanol–water partition coefficient (Wildman–Crippen LogP) is 4.46. The number of ketones is 1. The van der Waals surface area contributed by atoms with Gasteiger partial charge in [0.25, 0.3) is 5.91 Å². The highest BCUT2D eigenvalue weighted by Gasteiger charge is 2.41. The Morgan fingerprint density at radius 2 is 1.81 bits per heavy atom. The molecule has 0 spiro atoms. The number of pyridine rings is 1. The number of rotatable bonds is 9. The van der Waals surface area contributed by atoms with Crippen molar-refractivity contribution in [1.82, 2.24) is 10.3 Å². The molecular weight excluding hydrogens is 492 g/mol. The molecule has 8 heteroatoms. The van der Waals surface area contributed by atoms with Gasteiger partial charge in [0.1, 0.15) is 6.10 Å². The maximum Gasteiger partial charge on any atom is 0.252 e. The van der Waals surface area contributed by atoms with Crippen LogP contribution in [0.3, 0.4) is 0 Å². The Balaban J connectivity index is 1.39. The monoisotopic (exact) mass is 522 g/mol. The number of methoxy groups -OCH3 is 1. The number of ether oxygens (including phenoxy) is 1. The Hall–Kier alpha value is -3.26.